The largest absolute Gasteiger partial charge is 0.464 e. The van der Waals surface area contributed by atoms with Gasteiger partial charge in [-0.25, -0.2) is 4.79 Å². The van der Waals surface area contributed by atoms with Crippen molar-refractivity contribution in [2.45, 2.75) is 96.1 Å². The maximum Gasteiger partial charge on any atom is 0.407 e. The topological polar surface area (TPSA) is 127 Å². The summed E-state index contributed by atoms with van der Waals surface area (Å²) in [5, 5.41) is 20.0. The van der Waals surface area contributed by atoms with Crippen LogP contribution in [0.1, 0.15) is 113 Å². The molecule has 0 aromatic heterocycles. The fourth-order valence-electron chi connectivity index (χ4n) is 6.99. The zero-order chi connectivity index (χ0) is 42.3. The number of alkyl carbamates (subject to hydrolysis) is 1. The van der Waals surface area contributed by atoms with Crippen LogP contribution in [0.2, 0.25) is 0 Å². The molecule has 3 aromatic carbocycles. The first-order valence-electron chi connectivity index (χ1n) is 20.5. The van der Waals surface area contributed by atoms with Crippen molar-refractivity contribution in [2.24, 2.45) is 15.8 Å². The molecule has 1 aliphatic heterocycles. The molecule has 14 heteroatoms. The molecule has 10 nitrogen and oxygen atoms in total. The molecule has 3 aromatic rings. The molecule has 0 fully saturated rings. The number of carbonyl (C=O) groups is 2. The Kier molecular flexibility index (Phi) is 18.2. The molecule has 318 valence electrons. The van der Waals surface area contributed by atoms with Gasteiger partial charge in [-0.05, 0) is 59.4 Å². The molecule has 1 amide bonds. The van der Waals surface area contributed by atoms with Crippen LogP contribution in [0.15, 0.2) is 89.2 Å². The first kappa shape index (κ1) is 46.6. The Morgan fingerprint density at radius 2 is 1.58 bits per heavy atom. The lowest BCUT2D eigenvalue weighted by atomic mass is 9.78. The van der Waals surface area contributed by atoms with Gasteiger partial charge in [-0.3, -0.25) is 15.2 Å². The number of rotatable bonds is 21. The summed E-state index contributed by atoms with van der Waals surface area (Å²) in [6.07, 6.45) is 3.13. The summed E-state index contributed by atoms with van der Waals surface area (Å²) in [4.78, 5) is 26.5. The molecule has 59 heavy (non-hydrogen) atoms. The summed E-state index contributed by atoms with van der Waals surface area (Å²) in [6, 6.07) is 25.6. The standard InChI is InChI=1S/C45H59N5O5S4/c1-32(46)15-13-29-57-58-30-28-53-26-14-24-47-43(52)55-38-31-34-18-9-10-19-35(34)40-41(37-21-12-11-20-36(37)38)50(49-48-40)25-27-54-39(51)22-23-45(5,44(2,3)4)59-42(56)33-16-7-6-8-17-33/h6-12,16-21,38,40-41,46H,13-15,22-31H2,1-5H3,(H,47,52)/p+1. The van der Waals surface area contributed by atoms with E-state index in [-0.39, 0.29) is 41.2 Å². The molecule has 5 rings (SSSR count). The fourth-order valence-corrected chi connectivity index (χ4v) is 10.8. The van der Waals surface area contributed by atoms with Crippen molar-refractivity contribution in [3.05, 3.63) is 107 Å². The summed E-state index contributed by atoms with van der Waals surface area (Å²) < 4.78 is 18.3. The van der Waals surface area contributed by atoms with E-state index in [1.165, 1.54) is 0 Å². The summed E-state index contributed by atoms with van der Waals surface area (Å²) >= 11 is 7.49. The molecule has 0 radical (unpaired) electrons. The Labute approximate surface area is 368 Å². The van der Waals surface area contributed by atoms with Crippen molar-refractivity contribution < 1.29 is 29.2 Å². The average molecular weight is 879 g/mol. The lowest BCUT2D eigenvalue weighted by Crippen LogP contribution is -2.38. The molecule has 0 saturated heterocycles. The van der Waals surface area contributed by atoms with Crippen molar-refractivity contribution in [1.82, 2.24) is 10.3 Å². The van der Waals surface area contributed by atoms with E-state index >= 15 is 0 Å². The minimum atomic E-state index is -0.532. The summed E-state index contributed by atoms with van der Waals surface area (Å²) in [5.41, 5.74) is 5.84. The summed E-state index contributed by atoms with van der Waals surface area (Å²) in [7, 11) is 3.66. The van der Waals surface area contributed by atoms with Gasteiger partial charge < -0.3 is 19.5 Å². The van der Waals surface area contributed by atoms with Crippen LogP contribution in [0.4, 0.5) is 4.79 Å². The second-order valence-corrected chi connectivity index (χ2v) is 21.0. The molecular weight excluding hydrogens is 819 g/mol. The normalized spacial score (nSPS) is 18.1. The summed E-state index contributed by atoms with van der Waals surface area (Å²) in [5.74, 6) is 1.74. The molecule has 4 atom stereocenters. The second-order valence-electron chi connectivity index (χ2n) is 16.1. The number of benzene rings is 3. The zero-order valence-corrected chi connectivity index (χ0v) is 38.3. The van der Waals surface area contributed by atoms with Gasteiger partial charge in [0.25, 0.3) is 0 Å². The number of nitrogens with one attached hydrogen (secondary N) is 1. The number of thiocarbonyl (C=S) groups is 1. The monoisotopic (exact) mass is 878 g/mol. The molecular formula is C45H60N5O5S4+. The third kappa shape index (κ3) is 13.8. The van der Waals surface area contributed by atoms with Crippen LogP contribution in [-0.4, -0.2) is 76.1 Å². The van der Waals surface area contributed by atoms with E-state index in [1.54, 1.807) is 11.8 Å². The van der Waals surface area contributed by atoms with Crippen LogP contribution in [-0.2, 0) is 25.4 Å². The first-order chi connectivity index (χ1) is 28.4. The fraction of sp³-hybridized carbons (Fsp3) is 0.511. The van der Waals surface area contributed by atoms with Crippen molar-refractivity contribution in [3.8, 4) is 0 Å². The number of esters is 1. The Balaban J connectivity index is 1.15. The lowest BCUT2D eigenvalue weighted by Gasteiger charge is -2.41. The predicted molar refractivity (Wildman–Crippen MR) is 247 cm³/mol. The minimum Gasteiger partial charge on any atom is -0.464 e. The van der Waals surface area contributed by atoms with Crippen LogP contribution >= 0.6 is 45.6 Å². The number of hydrogen-bond acceptors (Lipinski definition) is 12. The highest BCUT2D eigenvalue weighted by molar-refractivity contribution is 8.76. The maximum atomic E-state index is 13.2. The third-order valence-corrected chi connectivity index (χ3v) is 15.5. The van der Waals surface area contributed by atoms with Crippen LogP contribution in [0.25, 0.3) is 0 Å². The van der Waals surface area contributed by atoms with Gasteiger partial charge in [0.1, 0.15) is 30.5 Å². The molecule has 0 bridgehead atoms. The number of ether oxygens (including phenoxy) is 3. The predicted octanol–water partition coefficient (Wildman–Crippen LogP) is 9.50. The number of fused-ring (bicyclic) bond motifs is 5. The Hall–Kier alpha value is -3.43. The van der Waals surface area contributed by atoms with E-state index in [0.717, 1.165) is 62.1 Å². The van der Waals surface area contributed by atoms with E-state index in [0.29, 0.717) is 45.6 Å². The highest BCUT2D eigenvalue weighted by Crippen LogP contribution is 2.49. The number of thioether (sulfide) groups is 1. The number of nitrogens with zero attached hydrogens (tertiary/aromatic N) is 3. The average Bonchev–Trinajstić information content (AvgIpc) is 3.62. The zero-order valence-electron chi connectivity index (χ0n) is 35.0. The van der Waals surface area contributed by atoms with Crippen LogP contribution in [0, 0.1) is 5.41 Å². The van der Waals surface area contributed by atoms with Gasteiger partial charge in [-0.1, -0.05) is 139 Å². The van der Waals surface area contributed by atoms with Crippen molar-refractivity contribution in [3.63, 3.8) is 0 Å². The Bertz CT molecular complexity index is 1890. The first-order valence-corrected chi connectivity index (χ1v) is 24.2. The van der Waals surface area contributed by atoms with Gasteiger partial charge in [0, 0.05) is 55.6 Å². The van der Waals surface area contributed by atoms with Crippen molar-refractivity contribution in [2.75, 3.05) is 44.4 Å². The van der Waals surface area contributed by atoms with Gasteiger partial charge in [0.05, 0.1) is 17.3 Å². The van der Waals surface area contributed by atoms with E-state index in [1.807, 2.05) is 94.2 Å². The van der Waals surface area contributed by atoms with Gasteiger partial charge in [-0.15, -0.1) is 11.8 Å². The van der Waals surface area contributed by atoms with Crippen LogP contribution in [0.5, 0.6) is 0 Å². The molecule has 3 N–H and O–H groups in total. The third-order valence-electron chi connectivity index (χ3n) is 10.8. The van der Waals surface area contributed by atoms with Crippen LogP contribution < -0.4 is 10.7 Å². The molecule has 4 unspecified atom stereocenters. The van der Waals surface area contributed by atoms with E-state index in [9.17, 15) is 9.59 Å². The molecule has 1 aliphatic carbocycles. The van der Waals surface area contributed by atoms with Crippen molar-refractivity contribution in [1.29, 1.82) is 0 Å². The molecule has 1 heterocycles. The van der Waals surface area contributed by atoms with Crippen LogP contribution in [0.3, 0.4) is 0 Å². The highest BCUT2D eigenvalue weighted by atomic mass is 33.1. The number of carbonyl (C=O) groups excluding carboxylic acids is 2. The number of nitrogens with two attached hydrogens (primary N) is 1. The minimum absolute atomic E-state index is 0.122. The van der Waals surface area contributed by atoms with Gasteiger partial charge in [0.2, 0.25) is 0 Å². The summed E-state index contributed by atoms with van der Waals surface area (Å²) in [6.45, 7) is 12.9. The van der Waals surface area contributed by atoms with E-state index < -0.39 is 12.2 Å². The molecule has 0 spiro atoms. The van der Waals surface area contributed by atoms with Gasteiger partial charge >= 0.3 is 12.1 Å². The number of amides is 1. The van der Waals surface area contributed by atoms with Crippen molar-refractivity contribution >= 4 is 67.5 Å². The Morgan fingerprint density at radius 1 is 0.881 bits per heavy atom. The molecule has 2 aliphatic rings. The second kappa shape index (κ2) is 23.0. The lowest BCUT2D eigenvalue weighted by molar-refractivity contribution is -0.144. The Morgan fingerprint density at radius 3 is 2.32 bits per heavy atom. The van der Waals surface area contributed by atoms with Gasteiger partial charge in [0.15, 0.2) is 0 Å². The SMILES string of the molecule is CC(=[NH2+])CCCSSCCOCCCNC(=O)OC1Cc2ccccc2C2N=NN(CCOC(=O)CCC(C)(SC(=S)c3ccccc3)C(C)(C)C)C2c2ccccc21. The maximum absolute atomic E-state index is 13.2. The van der Waals surface area contributed by atoms with E-state index in [2.05, 4.69) is 56.4 Å². The smallest absolute Gasteiger partial charge is 0.407 e. The number of hydrogen-bond donors (Lipinski definition) is 2. The van der Waals surface area contributed by atoms with E-state index in [4.69, 9.17) is 37.0 Å². The molecule has 0 saturated carbocycles. The highest BCUT2D eigenvalue weighted by Gasteiger charge is 2.42. The van der Waals surface area contributed by atoms with Gasteiger partial charge in [-0.2, -0.15) is 5.11 Å². The quantitative estimate of drug-likeness (QED) is 0.0351.